The minimum Gasteiger partial charge on any atom is -0.380 e. The van der Waals surface area contributed by atoms with Crippen LogP contribution in [0.1, 0.15) is 27.9 Å². The van der Waals surface area contributed by atoms with Crippen molar-refractivity contribution in [3.63, 3.8) is 0 Å². The average Bonchev–Trinajstić information content (AvgIpc) is 2.70. The molecule has 2 N–H and O–H groups in total. The largest absolute Gasteiger partial charge is 0.380 e. The normalized spacial score (nSPS) is 11.1. The SMILES string of the molecule is O=C(NCCC(O)(c1ccccc1)c1ccccc1)c1ccccc1. The average molecular weight is 331 g/mol. The molecule has 0 fully saturated rings. The van der Waals surface area contributed by atoms with Gasteiger partial charge in [-0.1, -0.05) is 78.9 Å². The van der Waals surface area contributed by atoms with Crippen molar-refractivity contribution >= 4 is 5.91 Å². The maximum absolute atomic E-state index is 12.2. The number of hydrogen-bond acceptors (Lipinski definition) is 2. The maximum atomic E-state index is 12.2. The quantitative estimate of drug-likeness (QED) is 0.723. The zero-order valence-electron chi connectivity index (χ0n) is 13.9. The van der Waals surface area contributed by atoms with Gasteiger partial charge in [-0.3, -0.25) is 4.79 Å². The summed E-state index contributed by atoms with van der Waals surface area (Å²) in [5.74, 6) is -0.135. The minimum atomic E-state index is -1.15. The van der Waals surface area contributed by atoms with E-state index < -0.39 is 5.60 Å². The summed E-state index contributed by atoms with van der Waals surface area (Å²) in [5, 5.41) is 14.3. The molecule has 0 spiro atoms. The van der Waals surface area contributed by atoms with Crippen LogP contribution in [0, 0.1) is 0 Å². The molecule has 3 nitrogen and oxygen atoms in total. The molecular formula is C22H21NO2. The van der Waals surface area contributed by atoms with Crippen molar-refractivity contribution in [2.45, 2.75) is 12.0 Å². The first kappa shape index (κ1) is 16.9. The van der Waals surface area contributed by atoms with E-state index in [1.54, 1.807) is 12.1 Å². The van der Waals surface area contributed by atoms with Gasteiger partial charge in [0.15, 0.2) is 0 Å². The number of aliphatic hydroxyl groups is 1. The van der Waals surface area contributed by atoms with Gasteiger partial charge in [0.1, 0.15) is 5.60 Å². The van der Waals surface area contributed by atoms with Gasteiger partial charge >= 0.3 is 0 Å². The third-order valence-corrected chi connectivity index (χ3v) is 4.31. The van der Waals surface area contributed by atoms with Crippen LogP contribution in [0.5, 0.6) is 0 Å². The zero-order chi connectivity index (χ0) is 17.5. The molecule has 0 bridgehead atoms. The van der Waals surface area contributed by atoms with E-state index >= 15 is 0 Å². The zero-order valence-corrected chi connectivity index (χ0v) is 13.9. The first-order chi connectivity index (χ1) is 12.2. The first-order valence-corrected chi connectivity index (χ1v) is 8.37. The van der Waals surface area contributed by atoms with E-state index in [-0.39, 0.29) is 5.91 Å². The lowest BCUT2D eigenvalue weighted by Gasteiger charge is -2.29. The number of amides is 1. The van der Waals surface area contributed by atoms with Crippen LogP contribution in [0.2, 0.25) is 0 Å². The molecule has 0 aliphatic heterocycles. The van der Waals surface area contributed by atoms with Crippen molar-refractivity contribution in [1.29, 1.82) is 0 Å². The predicted octanol–water partition coefficient (Wildman–Crippen LogP) is 3.74. The number of benzene rings is 3. The molecule has 0 aliphatic carbocycles. The van der Waals surface area contributed by atoms with Gasteiger partial charge in [0.25, 0.3) is 5.91 Å². The Morgan fingerprint density at radius 2 is 1.20 bits per heavy atom. The van der Waals surface area contributed by atoms with Crippen LogP contribution in [0.15, 0.2) is 91.0 Å². The van der Waals surface area contributed by atoms with Crippen LogP contribution in [-0.4, -0.2) is 17.6 Å². The van der Waals surface area contributed by atoms with Crippen LogP contribution in [0.25, 0.3) is 0 Å². The summed E-state index contributed by atoms with van der Waals surface area (Å²) in [5.41, 5.74) is 1.10. The molecule has 3 rings (SSSR count). The molecule has 0 heterocycles. The molecule has 3 aromatic carbocycles. The number of nitrogens with one attached hydrogen (secondary N) is 1. The van der Waals surface area contributed by atoms with Gasteiger partial charge in [0, 0.05) is 18.5 Å². The summed E-state index contributed by atoms with van der Waals surface area (Å²) in [7, 11) is 0. The smallest absolute Gasteiger partial charge is 0.251 e. The fourth-order valence-corrected chi connectivity index (χ4v) is 2.93. The van der Waals surface area contributed by atoms with Crippen LogP contribution < -0.4 is 5.32 Å². The molecule has 1 amide bonds. The standard InChI is InChI=1S/C22H21NO2/c24-21(18-10-4-1-5-11-18)23-17-16-22(25,19-12-6-2-7-13-19)20-14-8-3-9-15-20/h1-15,25H,16-17H2,(H,23,24). The highest BCUT2D eigenvalue weighted by Gasteiger charge is 2.31. The predicted molar refractivity (Wildman–Crippen MR) is 99.3 cm³/mol. The molecule has 3 heteroatoms. The Balaban J connectivity index is 1.76. The topological polar surface area (TPSA) is 49.3 Å². The molecule has 3 aromatic rings. The van der Waals surface area contributed by atoms with Crippen molar-refractivity contribution in [1.82, 2.24) is 5.32 Å². The van der Waals surface area contributed by atoms with E-state index in [1.165, 1.54) is 0 Å². The summed E-state index contributed by atoms with van der Waals surface area (Å²) in [4.78, 5) is 12.2. The Labute approximate surface area is 148 Å². The highest BCUT2D eigenvalue weighted by molar-refractivity contribution is 5.94. The van der Waals surface area contributed by atoms with Crippen LogP contribution in [0.4, 0.5) is 0 Å². The second-order valence-corrected chi connectivity index (χ2v) is 5.96. The summed E-state index contributed by atoms with van der Waals surface area (Å²) >= 11 is 0. The van der Waals surface area contributed by atoms with E-state index in [9.17, 15) is 9.90 Å². The van der Waals surface area contributed by atoms with E-state index in [0.717, 1.165) is 11.1 Å². The third kappa shape index (κ3) is 3.95. The minimum absolute atomic E-state index is 0.135. The lowest BCUT2D eigenvalue weighted by Crippen LogP contribution is -2.34. The molecule has 0 saturated carbocycles. The second-order valence-electron chi connectivity index (χ2n) is 5.96. The van der Waals surface area contributed by atoms with E-state index in [2.05, 4.69) is 5.32 Å². The van der Waals surface area contributed by atoms with E-state index in [0.29, 0.717) is 18.5 Å². The number of carbonyl (C=O) groups excluding carboxylic acids is 1. The lowest BCUT2D eigenvalue weighted by atomic mass is 9.83. The Morgan fingerprint density at radius 1 is 0.760 bits per heavy atom. The Morgan fingerprint density at radius 3 is 1.68 bits per heavy atom. The fourth-order valence-electron chi connectivity index (χ4n) is 2.93. The Kier molecular flexibility index (Phi) is 5.26. The monoisotopic (exact) mass is 331 g/mol. The Bertz CT molecular complexity index is 762. The molecule has 0 radical (unpaired) electrons. The molecule has 0 aliphatic rings. The molecular weight excluding hydrogens is 310 g/mol. The highest BCUT2D eigenvalue weighted by Crippen LogP contribution is 2.32. The van der Waals surface area contributed by atoms with Crippen LogP contribution in [-0.2, 0) is 5.60 Å². The van der Waals surface area contributed by atoms with Crippen molar-refractivity contribution in [2.24, 2.45) is 0 Å². The Hall–Kier alpha value is -2.91. The number of carbonyl (C=O) groups is 1. The van der Waals surface area contributed by atoms with E-state index in [4.69, 9.17) is 0 Å². The first-order valence-electron chi connectivity index (χ1n) is 8.37. The van der Waals surface area contributed by atoms with Crippen molar-refractivity contribution in [3.05, 3.63) is 108 Å². The third-order valence-electron chi connectivity index (χ3n) is 4.31. The van der Waals surface area contributed by atoms with E-state index in [1.807, 2.05) is 78.9 Å². The molecule has 0 atom stereocenters. The molecule has 0 saturated heterocycles. The summed E-state index contributed by atoms with van der Waals surface area (Å²) in [6.07, 6.45) is 0.388. The van der Waals surface area contributed by atoms with Crippen molar-refractivity contribution in [2.75, 3.05) is 6.54 Å². The van der Waals surface area contributed by atoms with Crippen LogP contribution in [0.3, 0.4) is 0 Å². The van der Waals surface area contributed by atoms with Gasteiger partial charge in [-0.25, -0.2) is 0 Å². The van der Waals surface area contributed by atoms with Gasteiger partial charge in [-0.2, -0.15) is 0 Å². The summed E-state index contributed by atoms with van der Waals surface area (Å²) in [6, 6.07) is 28.2. The maximum Gasteiger partial charge on any atom is 0.251 e. The highest BCUT2D eigenvalue weighted by atomic mass is 16.3. The fraction of sp³-hybridized carbons (Fsp3) is 0.136. The van der Waals surface area contributed by atoms with Gasteiger partial charge in [0.05, 0.1) is 0 Å². The van der Waals surface area contributed by atoms with Gasteiger partial charge in [-0.05, 0) is 23.3 Å². The summed E-state index contributed by atoms with van der Waals surface area (Å²) in [6.45, 7) is 0.369. The van der Waals surface area contributed by atoms with Crippen LogP contribution >= 0.6 is 0 Å². The summed E-state index contributed by atoms with van der Waals surface area (Å²) < 4.78 is 0. The second kappa shape index (κ2) is 7.77. The van der Waals surface area contributed by atoms with Crippen molar-refractivity contribution in [3.8, 4) is 0 Å². The van der Waals surface area contributed by atoms with Gasteiger partial charge < -0.3 is 10.4 Å². The van der Waals surface area contributed by atoms with Gasteiger partial charge in [-0.15, -0.1) is 0 Å². The molecule has 25 heavy (non-hydrogen) atoms. The lowest BCUT2D eigenvalue weighted by molar-refractivity contribution is 0.0690. The molecule has 126 valence electrons. The number of hydrogen-bond donors (Lipinski definition) is 2. The van der Waals surface area contributed by atoms with Gasteiger partial charge in [0.2, 0.25) is 0 Å². The molecule has 0 aromatic heterocycles. The molecule has 0 unspecified atom stereocenters. The number of rotatable bonds is 6. The van der Waals surface area contributed by atoms with Crippen molar-refractivity contribution < 1.29 is 9.90 Å².